The van der Waals surface area contributed by atoms with Crippen LogP contribution in [0.1, 0.15) is 37.1 Å². The topological polar surface area (TPSA) is 100 Å². The van der Waals surface area contributed by atoms with E-state index in [9.17, 15) is 22.8 Å². The van der Waals surface area contributed by atoms with Crippen molar-refractivity contribution < 1.29 is 22.8 Å². The Kier molecular flexibility index (Phi) is 5.95. The van der Waals surface area contributed by atoms with Crippen LogP contribution in [0.3, 0.4) is 0 Å². The standard InChI is InChI=1S/C18H19F3N6O2/c1-11(28)24-10-16(29)27-8-2-3-14(27)13-5-7-23-17(25-13)26-15-9-12(4-6-22-15)18(19,20)21/h4-7,9,14H,2-3,8,10H2,1H3,(H,24,28)(H,22,23,25,26)/t14-/m1/s1. The number of rotatable bonds is 5. The van der Waals surface area contributed by atoms with Crippen molar-refractivity contribution in [3.63, 3.8) is 0 Å². The Balaban J connectivity index is 1.75. The van der Waals surface area contributed by atoms with Gasteiger partial charge in [-0.3, -0.25) is 9.59 Å². The molecule has 1 saturated heterocycles. The highest BCUT2D eigenvalue weighted by atomic mass is 19.4. The first kappa shape index (κ1) is 20.5. The zero-order chi connectivity index (χ0) is 21.0. The number of hydrogen-bond donors (Lipinski definition) is 2. The molecule has 11 heteroatoms. The molecule has 0 aromatic carbocycles. The molecule has 1 atom stereocenters. The lowest BCUT2D eigenvalue weighted by molar-refractivity contribution is -0.137. The van der Waals surface area contributed by atoms with E-state index in [0.717, 1.165) is 24.8 Å². The molecule has 154 valence electrons. The second kappa shape index (κ2) is 8.41. The van der Waals surface area contributed by atoms with Gasteiger partial charge in [0.25, 0.3) is 0 Å². The van der Waals surface area contributed by atoms with E-state index in [1.54, 1.807) is 11.0 Å². The predicted octanol–water partition coefficient (Wildman–Crippen LogP) is 2.43. The number of hydrogen-bond acceptors (Lipinski definition) is 6. The van der Waals surface area contributed by atoms with Crippen LogP contribution in [0.15, 0.2) is 30.6 Å². The van der Waals surface area contributed by atoms with E-state index < -0.39 is 11.7 Å². The summed E-state index contributed by atoms with van der Waals surface area (Å²) in [5, 5.41) is 5.15. The Morgan fingerprint density at radius 2 is 2.00 bits per heavy atom. The number of alkyl halides is 3. The van der Waals surface area contributed by atoms with Crippen LogP contribution in [0.4, 0.5) is 24.9 Å². The lowest BCUT2D eigenvalue weighted by Gasteiger charge is -2.24. The summed E-state index contributed by atoms with van der Waals surface area (Å²) in [5.41, 5.74) is -0.278. The van der Waals surface area contributed by atoms with Gasteiger partial charge in [0.1, 0.15) is 5.82 Å². The molecule has 0 aliphatic carbocycles. The lowest BCUT2D eigenvalue weighted by atomic mass is 10.1. The molecule has 3 heterocycles. The van der Waals surface area contributed by atoms with Crippen molar-refractivity contribution in [2.45, 2.75) is 32.0 Å². The summed E-state index contributed by atoms with van der Waals surface area (Å²) in [6.45, 7) is 1.76. The van der Waals surface area contributed by atoms with Gasteiger partial charge in [0, 0.05) is 25.9 Å². The third-order valence-corrected chi connectivity index (χ3v) is 4.41. The Bertz CT molecular complexity index is 905. The third kappa shape index (κ3) is 5.18. The summed E-state index contributed by atoms with van der Waals surface area (Å²) < 4.78 is 38.6. The van der Waals surface area contributed by atoms with Gasteiger partial charge in [-0.25, -0.2) is 15.0 Å². The quantitative estimate of drug-likeness (QED) is 0.788. The van der Waals surface area contributed by atoms with Crippen molar-refractivity contribution in [1.29, 1.82) is 0 Å². The molecule has 1 aliphatic rings. The van der Waals surface area contributed by atoms with Crippen molar-refractivity contribution >= 4 is 23.6 Å². The van der Waals surface area contributed by atoms with Crippen LogP contribution in [-0.4, -0.2) is 44.8 Å². The normalized spacial score (nSPS) is 16.6. The van der Waals surface area contributed by atoms with Crippen LogP contribution in [0.25, 0.3) is 0 Å². The summed E-state index contributed by atoms with van der Waals surface area (Å²) >= 11 is 0. The Morgan fingerprint density at radius 3 is 2.72 bits per heavy atom. The molecule has 2 aromatic rings. The molecule has 2 aromatic heterocycles. The number of aromatic nitrogens is 3. The molecule has 0 saturated carbocycles. The number of carbonyl (C=O) groups excluding carboxylic acids is 2. The fourth-order valence-corrected chi connectivity index (χ4v) is 3.08. The molecule has 2 amide bonds. The molecule has 0 radical (unpaired) electrons. The van der Waals surface area contributed by atoms with E-state index in [4.69, 9.17) is 0 Å². The molecule has 0 spiro atoms. The highest BCUT2D eigenvalue weighted by molar-refractivity contribution is 5.84. The number of nitrogens with one attached hydrogen (secondary N) is 2. The minimum Gasteiger partial charge on any atom is -0.347 e. The molecule has 2 N–H and O–H groups in total. The largest absolute Gasteiger partial charge is 0.416 e. The first-order valence-corrected chi connectivity index (χ1v) is 8.91. The Hall–Kier alpha value is -3.24. The summed E-state index contributed by atoms with van der Waals surface area (Å²) in [6, 6.07) is 3.10. The number of amides is 2. The molecular formula is C18H19F3N6O2. The fraction of sp³-hybridized carbons (Fsp3) is 0.389. The highest BCUT2D eigenvalue weighted by Gasteiger charge is 2.32. The third-order valence-electron chi connectivity index (χ3n) is 4.41. The first-order chi connectivity index (χ1) is 13.7. The van der Waals surface area contributed by atoms with Gasteiger partial charge in [-0.15, -0.1) is 0 Å². The van der Waals surface area contributed by atoms with Crippen LogP contribution in [0.2, 0.25) is 0 Å². The Labute approximate surface area is 164 Å². The lowest BCUT2D eigenvalue weighted by Crippen LogP contribution is -2.39. The predicted molar refractivity (Wildman–Crippen MR) is 96.9 cm³/mol. The van der Waals surface area contributed by atoms with E-state index in [1.165, 1.54) is 13.1 Å². The van der Waals surface area contributed by atoms with E-state index in [0.29, 0.717) is 18.7 Å². The van der Waals surface area contributed by atoms with Crippen LogP contribution in [0, 0.1) is 0 Å². The maximum absolute atomic E-state index is 12.9. The van der Waals surface area contributed by atoms with Crippen molar-refractivity contribution in [1.82, 2.24) is 25.2 Å². The van der Waals surface area contributed by atoms with E-state index in [2.05, 4.69) is 25.6 Å². The second-order valence-corrected chi connectivity index (χ2v) is 6.51. The van der Waals surface area contributed by atoms with Gasteiger partial charge in [-0.1, -0.05) is 0 Å². The molecule has 0 unspecified atom stereocenters. The average Bonchev–Trinajstić information content (AvgIpc) is 3.16. The maximum Gasteiger partial charge on any atom is 0.416 e. The number of likely N-dealkylation sites (tertiary alicyclic amines) is 1. The molecule has 0 bridgehead atoms. The molecule has 3 rings (SSSR count). The molecular weight excluding hydrogens is 389 g/mol. The number of carbonyl (C=O) groups is 2. The maximum atomic E-state index is 12.9. The first-order valence-electron chi connectivity index (χ1n) is 8.91. The zero-order valence-corrected chi connectivity index (χ0v) is 15.5. The fourth-order valence-electron chi connectivity index (χ4n) is 3.08. The molecule has 8 nitrogen and oxygen atoms in total. The average molecular weight is 408 g/mol. The highest BCUT2D eigenvalue weighted by Crippen LogP contribution is 2.32. The smallest absolute Gasteiger partial charge is 0.347 e. The zero-order valence-electron chi connectivity index (χ0n) is 15.5. The SMILES string of the molecule is CC(=O)NCC(=O)N1CCC[C@@H]1c1ccnc(Nc2cc(C(F)(F)F)ccn2)n1. The monoisotopic (exact) mass is 408 g/mol. The molecule has 29 heavy (non-hydrogen) atoms. The summed E-state index contributed by atoms with van der Waals surface area (Å²) in [4.78, 5) is 37.3. The summed E-state index contributed by atoms with van der Waals surface area (Å²) in [5.74, 6) is -0.482. The second-order valence-electron chi connectivity index (χ2n) is 6.51. The van der Waals surface area contributed by atoms with E-state index >= 15 is 0 Å². The van der Waals surface area contributed by atoms with E-state index in [-0.39, 0.29) is 36.2 Å². The van der Waals surface area contributed by atoms with Crippen molar-refractivity contribution in [2.75, 3.05) is 18.4 Å². The summed E-state index contributed by atoms with van der Waals surface area (Å²) in [7, 11) is 0. The van der Waals surface area contributed by atoms with Gasteiger partial charge >= 0.3 is 6.18 Å². The Morgan fingerprint density at radius 1 is 1.24 bits per heavy atom. The van der Waals surface area contributed by atoms with Crippen LogP contribution >= 0.6 is 0 Å². The van der Waals surface area contributed by atoms with E-state index in [1.807, 2.05) is 0 Å². The van der Waals surface area contributed by atoms with Crippen molar-refractivity contribution in [2.24, 2.45) is 0 Å². The van der Waals surface area contributed by atoms with Gasteiger partial charge in [0.15, 0.2) is 0 Å². The minimum atomic E-state index is -4.49. The van der Waals surface area contributed by atoms with Gasteiger partial charge in [0.2, 0.25) is 17.8 Å². The van der Waals surface area contributed by atoms with Gasteiger partial charge in [-0.2, -0.15) is 13.2 Å². The minimum absolute atomic E-state index is 0.0398. The van der Waals surface area contributed by atoms with Crippen LogP contribution in [-0.2, 0) is 15.8 Å². The number of pyridine rings is 1. The van der Waals surface area contributed by atoms with Crippen LogP contribution < -0.4 is 10.6 Å². The summed E-state index contributed by atoms with van der Waals surface area (Å²) in [6.07, 6.45) is -0.509. The number of anilines is 2. The number of nitrogens with zero attached hydrogens (tertiary/aromatic N) is 4. The van der Waals surface area contributed by atoms with Gasteiger partial charge in [0.05, 0.1) is 23.8 Å². The van der Waals surface area contributed by atoms with Gasteiger partial charge < -0.3 is 15.5 Å². The molecule has 1 aliphatic heterocycles. The van der Waals surface area contributed by atoms with Crippen LogP contribution in [0.5, 0.6) is 0 Å². The van der Waals surface area contributed by atoms with Crippen molar-refractivity contribution in [3.8, 4) is 0 Å². The molecule has 1 fully saturated rings. The van der Waals surface area contributed by atoms with Gasteiger partial charge in [-0.05, 0) is 31.0 Å². The van der Waals surface area contributed by atoms with Crippen molar-refractivity contribution in [3.05, 3.63) is 41.9 Å². The number of halogens is 3.